The second-order valence-electron chi connectivity index (χ2n) is 5.49. The zero-order valence-corrected chi connectivity index (χ0v) is 12.3. The summed E-state index contributed by atoms with van der Waals surface area (Å²) < 4.78 is 4.58. The fourth-order valence-corrected chi connectivity index (χ4v) is 3.14. The van der Waals surface area contributed by atoms with Gasteiger partial charge in [0.15, 0.2) is 0 Å². The van der Waals surface area contributed by atoms with Gasteiger partial charge in [0.25, 0.3) is 0 Å². The predicted molar refractivity (Wildman–Crippen MR) is 74.2 cm³/mol. The van der Waals surface area contributed by atoms with Crippen LogP contribution in [0.4, 0.5) is 0 Å². The number of carbonyl (C=O) groups is 2. The van der Waals surface area contributed by atoms with Crippen LogP contribution in [0.1, 0.15) is 39.0 Å². The van der Waals surface area contributed by atoms with Crippen LogP contribution in [0, 0.1) is 5.92 Å². The quantitative estimate of drug-likeness (QED) is 0.758. The maximum atomic E-state index is 11.8. The van der Waals surface area contributed by atoms with E-state index in [4.69, 9.17) is 0 Å². The van der Waals surface area contributed by atoms with Crippen molar-refractivity contribution in [2.45, 2.75) is 57.2 Å². The van der Waals surface area contributed by atoms with Crippen molar-refractivity contribution in [2.75, 3.05) is 7.11 Å². The van der Waals surface area contributed by atoms with Crippen molar-refractivity contribution in [1.82, 2.24) is 10.6 Å². The number of halogens is 1. The number of amides is 1. The Labute approximate surface area is 120 Å². The molecule has 3 atom stereocenters. The monoisotopic (exact) mass is 290 g/mol. The number of esters is 1. The third-order valence-electron chi connectivity index (χ3n) is 3.98. The Kier molecular flexibility index (Phi) is 6.07. The largest absolute Gasteiger partial charge is 0.467 e. The summed E-state index contributed by atoms with van der Waals surface area (Å²) in [5.74, 6) is 0.0153. The first-order valence-electron chi connectivity index (χ1n) is 6.71. The first-order valence-corrected chi connectivity index (χ1v) is 6.71. The number of carbonyl (C=O) groups excluding carboxylic acids is 2. The summed E-state index contributed by atoms with van der Waals surface area (Å²) in [6, 6.07) is 0.639. The number of nitrogens with one attached hydrogen (secondary N) is 2. The highest BCUT2D eigenvalue weighted by Gasteiger charge is 2.34. The Morgan fingerprint density at radius 3 is 2.42 bits per heavy atom. The van der Waals surface area contributed by atoms with E-state index in [-0.39, 0.29) is 18.3 Å². The second kappa shape index (κ2) is 7.10. The molecule has 0 aromatic rings. The molecule has 2 saturated heterocycles. The Hall–Kier alpha value is -0.810. The lowest BCUT2D eigenvalue weighted by molar-refractivity contribution is -0.144. The van der Waals surface area contributed by atoms with Crippen molar-refractivity contribution in [3.8, 4) is 0 Å². The van der Waals surface area contributed by atoms with Crippen LogP contribution in [0.25, 0.3) is 0 Å². The van der Waals surface area contributed by atoms with Crippen molar-refractivity contribution in [3.05, 3.63) is 0 Å². The van der Waals surface area contributed by atoms with E-state index in [1.54, 1.807) is 6.92 Å². The molecule has 2 fully saturated rings. The predicted octanol–water partition coefficient (Wildman–Crippen LogP) is 1.01. The molecule has 2 N–H and O–H groups in total. The highest BCUT2D eigenvalue weighted by atomic mass is 35.5. The van der Waals surface area contributed by atoms with Crippen molar-refractivity contribution >= 4 is 24.3 Å². The molecule has 2 unspecified atom stereocenters. The molecule has 2 aliphatic rings. The van der Waals surface area contributed by atoms with E-state index in [1.807, 2.05) is 0 Å². The van der Waals surface area contributed by atoms with Gasteiger partial charge in [-0.1, -0.05) is 0 Å². The average Bonchev–Trinajstić information content (AvgIpc) is 2.67. The minimum absolute atomic E-state index is 0. The summed E-state index contributed by atoms with van der Waals surface area (Å²) in [6.45, 7) is 1.65. The van der Waals surface area contributed by atoms with Gasteiger partial charge < -0.3 is 15.4 Å². The molecule has 6 heteroatoms. The van der Waals surface area contributed by atoms with E-state index in [1.165, 1.54) is 20.0 Å². The molecule has 2 aliphatic heterocycles. The number of fused-ring (bicyclic) bond motifs is 2. The van der Waals surface area contributed by atoms with Crippen molar-refractivity contribution in [3.63, 3.8) is 0 Å². The van der Waals surface area contributed by atoms with Gasteiger partial charge in [0.05, 0.1) is 7.11 Å². The van der Waals surface area contributed by atoms with Gasteiger partial charge in [-0.3, -0.25) is 4.79 Å². The van der Waals surface area contributed by atoms with E-state index >= 15 is 0 Å². The molecule has 2 rings (SSSR count). The zero-order chi connectivity index (χ0) is 13.1. The first-order chi connectivity index (χ1) is 8.58. The van der Waals surface area contributed by atoms with Crippen LogP contribution < -0.4 is 10.6 Å². The molecule has 0 aromatic carbocycles. The molecule has 110 valence electrons. The van der Waals surface area contributed by atoms with Crippen molar-refractivity contribution < 1.29 is 14.3 Å². The van der Waals surface area contributed by atoms with E-state index in [2.05, 4.69) is 15.4 Å². The smallest absolute Gasteiger partial charge is 0.328 e. The maximum Gasteiger partial charge on any atom is 0.328 e. The minimum Gasteiger partial charge on any atom is -0.467 e. The first kappa shape index (κ1) is 16.2. The SMILES string of the molecule is COC(=O)[C@@H](C)NC(=O)CC1CC2CCC(C1)N2.Cl. The molecule has 0 radical (unpaired) electrons. The number of methoxy groups -OCH3 is 1. The third-order valence-corrected chi connectivity index (χ3v) is 3.98. The molecule has 0 aromatic heterocycles. The highest BCUT2D eigenvalue weighted by Crippen LogP contribution is 2.32. The molecule has 5 nitrogen and oxygen atoms in total. The molecule has 0 saturated carbocycles. The van der Waals surface area contributed by atoms with Crippen molar-refractivity contribution in [1.29, 1.82) is 0 Å². The lowest BCUT2D eigenvalue weighted by Crippen LogP contribution is -2.42. The highest BCUT2D eigenvalue weighted by molar-refractivity contribution is 5.85. The summed E-state index contributed by atoms with van der Waals surface area (Å²) in [5, 5.41) is 6.25. The van der Waals surface area contributed by atoms with Crippen LogP contribution in [-0.2, 0) is 14.3 Å². The molecule has 2 heterocycles. The number of hydrogen-bond donors (Lipinski definition) is 2. The molecular formula is C13H23ClN2O3. The van der Waals surface area contributed by atoms with Gasteiger partial charge in [-0.05, 0) is 38.5 Å². The van der Waals surface area contributed by atoms with Crippen LogP contribution >= 0.6 is 12.4 Å². The lowest BCUT2D eigenvalue weighted by atomic mass is 9.89. The molecule has 0 aliphatic carbocycles. The Morgan fingerprint density at radius 2 is 1.89 bits per heavy atom. The molecule has 0 spiro atoms. The van der Waals surface area contributed by atoms with E-state index in [9.17, 15) is 9.59 Å². The number of rotatable bonds is 4. The fourth-order valence-electron chi connectivity index (χ4n) is 3.14. The Bertz CT molecular complexity index is 326. The van der Waals surface area contributed by atoms with Gasteiger partial charge in [-0.2, -0.15) is 0 Å². The fraction of sp³-hybridized carbons (Fsp3) is 0.846. The summed E-state index contributed by atoms with van der Waals surface area (Å²) in [6.07, 6.45) is 5.16. The van der Waals surface area contributed by atoms with Gasteiger partial charge in [0.2, 0.25) is 5.91 Å². The van der Waals surface area contributed by atoms with Crippen LogP contribution in [0.5, 0.6) is 0 Å². The van der Waals surface area contributed by atoms with E-state index in [0.29, 0.717) is 24.4 Å². The van der Waals surface area contributed by atoms with E-state index in [0.717, 1.165) is 12.8 Å². The summed E-state index contributed by atoms with van der Waals surface area (Å²) in [4.78, 5) is 23.0. The molecule has 2 bridgehead atoms. The van der Waals surface area contributed by atoms with Crippen molar-refractivity contribution in [2.24, 2.45) is 5.92 Å². The normalized spacial score (nSPS) is 30.1. The lowest BCUT2D eigenvalue weighted by Gasteiger charge is -2.28. The van der Waals surface area contributed by atoms with Crippen LogP contribution in [0.15, 0.2) is 0 Å². The van der Waals surface area contributed by atoms with Gasteiger partial charge in [0, 0.05) is 18.5 Å². The Balaban J connectivity index is 0.00000180. The zero-order valence-electron chi connectivity index (χ0n) is 11.5. The van der Waals surface area contributed by atoms with Gasteiger partial charge >= 0.3 is 5.97 Å². The van der Waals surface area contributed by atoms with Crippen LogP contribution in [-0.4, -0.2) is 37.1 Å². The van der Waals surface area contributed by atoms with Gasteiger partial charge in [-0.15, -0.1) is 12.4 Å². The topological polar surface area (TPSA) is 67.4 Å². The summed E-state index contributed by atoms with van der Waals surface area (Å²) in [5.41, 5.74) is 0. The summed E-state index contributed by atoms with van der Waals surface area (Å²) in [7, 11) is 1.33. The standard InChI is InChI=1S/C13H22N2O3.ClH/c1-8(13(17)18-2)14-12(16)7-9-5-10-3-4-11(6-9)15-10;/h8-11,15H,3-7H2,1-2H3,(H,14,16);1H/t8-,9?,10?,11?;/m1./s1. The second-order valence-corrected chi connectivity index (χ2v) is 5.49. The van der Waals surface area contributed by atoms with Gasteiger partial charge in [0.1, 0.15) is 6.04 Å². The van der Waals surface area contributed by atoms with E-state index < -0.39 is 12.0 Å². The van der Waals surface area contributed by atoms with Crippen LogP contribution in [0.3, 0.4) is 0 Å². The average molecular weight is 291 g/mol. The van der Waals surface area contributed by atoms with Gasteiger partial charge in [-0.25, -0.2) is 4.79 Å². The Morgan fingerprint density at radius 1 is 1.32 bits per heavy atom. The molecular weight excluding hydrogens is 268 g/mol. The summed E-state index contributed by atoms with van der Waals surface area (Å²) >= 11 is 0. The minimum atomic E-state index is -0.555. The number of piperidine rings is 1. The number of hydrogen-bond acceptors (Lipinski definition) is 4. The maximum absolute atomic E-state index is 11.8. The molecule has 1 amide bonds. The third kappa shape index (κ3) is 4.35. The molecule has 19 heavy (non-hydrogen) atoms. The number of ether oxygens (including phenoxy) is 1. The van der Waals surface area contributed by atoms with Crippen LogP contribution in [0.2, 0.25) is 0 Å².